The first kappa shape index (κ1) is 13.7. The molecule has 0 saturated carbocycles. The normalized spacial score (nSPS) is 11.9. The fourth-order valence-corrected chi connectivity index (χ4v) is 1.60. The lowest BCUT2D eigenvalue weighted by Gasteiger charge is -2.12. The van der Waals surface area contributed by atoms with Gasteiger partial charge in [0.05, 0.1) is 6.10 Å². The summed E-state index contributed by atoms with van der Waals surface area (Å²) in [6.07, 6.45) is -0.605. The van der Waals surface area contributed by atoms with Crippen molar-refractivity contribution in [3.8, 4) is 5.75 Å². The number of rotatable bonds is 3. The third-order valence-corrected chi connectivity index (χ3v) is 2.46. The molecule has 0 spiro atoms. The number of phenolic OH excluding ortho intramolecular Hbond substituents is 1. The van der Waals surface area contributed by atoms with Crippen LogP contribution in [0.1, 0.15) is 11.7 Å². The van der Waals surface area contributed by atoms with Gasteiger partial charge in [0.1, 0.15) is 5.75 Å². The average molecular weight is 283 g/mol. The fourth-order valence-electron chi connectivity index (χ4n) is 1.09. The second-order valence-electron chi connectivity index (χ2n) is 2.78. The van der Waals surface area contributed by atoms with Crippen LogP contribution in [0.3, 0.4) is 0 Å². The number of aliphatic hydroxyl groups is 1. The lowest BCUT2D eigenvalue weighted by molar-refractivity contribution is 0.176. The zero-order valence-corrected chi connectivity index (χ0v) is 10.1. The number of hydrogen-bond donors (Lipinski definition) is 3. The van der Waals surface area contributed by atoms with Crippen molar-refractivity contribution in [3.63, 3.8) is 0 Å². The van der Waals surface area contributed by atoms with Crippen LogP contribution in [0.15, 0.2) is 22.7 Å². The first-order chi connectivity index (χ1) is 6.15. The maximum atomic E-state index is 9.62. The summed E-state index contributed by atoms with van der Waals surface area (Å²) in [5, 5.41) is 21.7. The molecule has 0 aliphatic rings. The van der Waals surface area contributed by atoms with Crippen LogP contribution in [-0.2, 0) is 0 Å². The Labute approximate surface area is 97.7 Å². The van der Waals surface area contributed by atoms with Gasteiger partial charge in [-0.2, -0.15) is 0 Å². The second kappa shape index (κ2) is 6.24. The molecule has 0 radical (unpaired) electrons. The molecule has 1 atom stereocenters. The summed E-state index contributed by atoms with van der Waals surface area (Å²) in [6.45, 7) is 0.460. The second-order valence-corrected chi connectivity index (χ2v) is 3.63. The van der Waals surface area contributed by atoms with Crippen molar-refractivity contribution in [2.24, 2.45) is 0 Å². The standard InChI is InChI=1S/C9H12BrNO2.ClH/c1-11-5-9(13)7-4-6(12)2-3-8(7)10;/h2-4,9,11-13H,5H2,1H3;1H. The maximum absolute atomic E-state index is 9.62. The maximum Gasteiger partial charge on any atom is 0.116 e. The zero-order valence-electron chi connectivity index (χ0n) is 7.70. The van der Waals surface area contributed by atoms with Gasteiger partial charge >= 0.3 is 0 Å². The van der Waals surface area contributed by atoms with Crippen LogP contribution in [0.25, 0.3) is 0 Å². The minimum atomic E-state index is -0.605. The van der Waals surface area contributed by atoms with Gasteiger partial charge in [0.2, 0.25) is 0 Å². The molecule has 0 heterocycles. The molecule has 1 aromatic carbocycles. The van der Waals surface area contributed by atoms with Gasteiger partial charge < -0.3 is 15.5 Å². The van der Waals surface area contributed by atoms with Crippen molar-refractivity contribution in [2.75, 3.05) is 13.6 Å². The van der Waals surface area contributed by atoms with Crippen LogP contribution in [-0.4, -0.2) is 23.8 Å². The van der Waals surface area contributed by atoms with E-state index in [0.29, 0.717) is 12.1 Å². The monoisotopic (exact) mass is 281 g/mol. The number of aliphatic hydroxyl groups excluding tert-OH is 1. The SMILES string of the molecule is CNCC(O)c1cc(O)ccc1Br.Cl. The lowest BCUT2D eigenvalue weighted by atomic mass is 10.1. The molecule has 5 heteroatoms. The van der Waals surface area contributed by atoms with E-state index in [1.165, 1.54) is 0 Å². The van der Waals surface area contributed by atoms with Crippen LogP contribution in [0.2, 0.25) is 0 Å². The van der Waals surface area contributed by atoms with E-state index in [1.807, 2.05) is 0 Å². The first-order valence-electron chi connectivity index (χ1n) is 3.96. The molecule has 80 valence electrons. The first-order valence-corrected chi connectivity index (χ1v) is 4.75. The Morgan fingerprint density at radius 3 is 2.71 bits per heavy atom. The number of aromatic hydroxyl groups is 1. The van der Waals surface area contributed by atoms with E-state index in [0.717, 1.165) is 4.47 Å². The Kier molecular flexibility index (Phi) is 6.11. The molecule has 14 heavy (non-hydrogen) atoms. The van der Waals surface area contributed by atoms with Crippen LogP contribution < -0.4 is 5.32 Å². The number of likely N-dealkylation sites (N-methyl/N-ethyl adjacent to an activating group) is 1. The number of hydrogen-bond acceptors (Lipinski definition) is 3. The summed E-state index contributed by atoms with van der Waals surface area (Å²) in [7, 11) is 1.76. The Bertz CT molecular complexity index is 296. The quantitative estimate of drug-likeness (QED) is 0.793. The van der Waals surface area contributed by atoms with Crippen LogP contribution in [0, 0.1) is 0 Å². The molecule has 0 amide bonds. The number of nitrogens with one attached hydrogen (secondary N) is 1. The molecule has 3 nitrogen and oxygen atoms in total. The van der Waals surface area contributed by atoms with E-state index in [4.69, 9.17) is 0 Å². The van der Waals surface area contributed by atoms with Gasteiger partial charge in [-0.05, 0) is 30.8 Å². The van der Waals surface area contributed by atoms with Gasteiger partial charge in [0, 0.05) is 11.0 Å². The molecule has 0 bridgehead atoms. The van der Waals surface area contributed by atoms with Gasteiger partial charge in [0.15, 0.2) is 0 Å². The molecule has 1 aromatic rings. The Hall–Kier alpha value is -0.290. The van der Waals surface area contributed by atoms with E-state index < -0.39 is 6.10 Å². The van der Waals surface area contributed by atoms with Crippen LogP contribution >= 0.6 is 28.3 Å². The number of phenols is 1. The minimum Gasteiger partial charge on any atom is -0.508 e. The predicted octanol–water partition coefficient (Wildman–Crippen LogP) is 1.83. The van der Waals surface area contributed by atoms with Crippen LogP contribution in [0.4, 0.5) is 0 Å². The molecule has 0 aromatic heterocycles. The van der Waals surface area contributed by atoms with Crippen molar-refractivity contribution in [1.82, 2.24) is 5.32 Å². The molecule has 1 unspecified atom stereocenters. The van der Waals surface area contributed by atoms with Gasteiger partial charge in [-0.25, -0.2) is 0 Å². The van der Waals surface area contributed by atoms with Gasteiger partial charge in [-0.3, -0.25) is 0 Å². The molecule has 0 saturated heterocycles. The molecule has 0 fully saturated rings. The summed E-state index contributed by atoms with van der Waals surface area (Å²) >= 11 is 3.30. The predicted molar refractivity (Wildman–Crippen MR) is 61.9 cm³/mol. The third kappa shape index (κ3) is 3.46. The largest absolute Gasteiger partial charge is 0.508 e. The van der Waals surface area contributed by atoms with E-state index in [-0.39, 0.29) is 18.2 Å². The summed E-state index contributed by atoms with van der Waals surface area (Å²) in [5.41, 5.74) is 0.689. The van der Waals surface area contributed by atoms with Gasteiger partial charge in [-0.15, -0.1) is 12.4 Å². The molecule has 3 N–H and O–H groups in total. The summed E-state index contributed by atoms with van der Waals surface area (Å²) in [6, 6.07) is 4.83. The molecular weight excluding hydrogens is 269 g/mol. The fraction of sp³-hybridized carbons (Fsp3) is 0.333. The summed E-state index contributed by atoms with van der Waals surface area (Å²) in [5.74, 6) is 0.161. The van der Waals surface area contributed by atoms with Crippen molar-refractivity contribution in [1.29, 1.82) is 0 Å². The van der Waals surface area contributed by atoms with Gasteiger partial charge in [-0.1, -0.05) is 15.9 Å². The van der Waals surface area contributed by atoms with Crippen molar-refractivity contribution in [3.05, 3.63) is 28.2 Å². The zero-order chi connectivity index (χ0) is 9.84. The number of benzene rings is 1. The topological polar surface area (TPSA) is 52.5 Å². The number of halogens is 2. The van der Waals surface area contributed by atoms with E-state index in [9.17, 15) is 10.2 Å². The smallest absolute Gasteiger partial charge is 0.116 e. The Morgan fingerprint density at radius 1 is 1.50 bits per heavy atom. The molecule has 0 aliphatic carbocycles. The highest BCUT2D eigenvalue weighted by Crippen LogP contribution is 2.26. The Morgan fingerprint density at radius 2 is 2.14 bits per heavy atom. The lowest BCUT2D eigenvalue weighted by Crippen LogP contribution is -2.16. The average Bonchev–Trinajstić information content (AvgIpc) is 2.09. The highest BCUT2D eigenvalue weighted by Gasteiger charge is 2.10. The highest BCUT2D eigenvalue weighted by molar-refractivity contribution is 9.10. The highest BCUT2D eigenvalue weighted by atomic mass is 79.9. The van der Waals surface area contributed by atoms with Crippen molar-refractivity contribution in [2.45, 2.75) is 6.10 Å². The minimum absolute atomic E-state index is 0. The third-order valence-electron chi connectivity index (χ3n) is 1.74. The van der Waals surface area contributed by atoms with E-state index >= 15 is 0 Å². The molecule has 1 rings (SSSR count). The summed E-state index contributed by atoms with van der Waals surface area (Å²) in [4.78, 5) is 0. The molecule has 0 aliphatic heterocycles. The van der Waals surface area contributed by atoms with Crippen molar-refractivity contribution < 1.29 is 10.2 Å². The van der Waals surface area contributed by atoms with Gasteiger partial charge in [0.25, 0.3) is 0 Å². The van der Waals surface area contributed by atoms with E-state index in [1.54, 1.807) is 25.2 Å². The molecular formula is C9H13BrClNO2. The Balaban J connectivity index is 0.00000169. The summed E-state index contributed by atoms with van der Waals surface area (Å²) < 4.78 is 0.799. The van der Waals surface area contributed by atoms with E-state index in [2.05, 4.69) is 21.2 Å². The van der Waals surface area contributed by atoms with Crippen molar-refractivity contribution >= 4 is 28.3 Å². The van der Waals surface area contributed by atoms with Crippen LogP contribution in [0.5, 0.6) is 5.75 Å².